The number of carbonyl (C=O) groups excluding carboxylic acids is 1. The van der Waals surface area contributed by atoms with Crippen molar-refractivity contribution < 1.29 is 13.9 Å². The highest BCUT2D eigenvalue weighted by Crippen LogP contribution is 2.10. The SMILES string of the molecule is COC(=O)C=Cc1cnn(-c2cccc(F)c2)c1. The fourth-order valence-electron chi connectivity index (χ4n) is 1.41. The van der Waals surface area contributed by atoms with E-state index in [1.54, 1.807) is 30.6 Å². The second kappa shape index (κ2) is 5.27. The van der Waals surface area contributed by atoms with Crippen molar-refractivity contribution in [3.05, 3.63) is 54.1 Å². The van der Waals surface area contributed by atoms with Crippen LogP contribution in [-0.2, 0) is 9.53 Å². The van der Waals surface area contributed by atoms with Gasteiger partial charge in [-0.15, -0.1) is 0 Å². The van der Waals surface area contributed by atoms with Crippen LogP contribution in [0.15, 0.2) is 42.7 Å². The Bertz CT molecular complexity index is 590. The van der Waals surface area contributed by atoms with Gasteiger partial charge in [0.05, 0.1) is 19.0 Å². The highest BCUT2D eigenvalue weighted by Gasteiger charge is 2.00. The molecule has 1 aromatic carbocycles. The number of ether oxygens (including phenoxy) is 1. The van der Waals surface area contributed by atoms with Gasteiger partial charge < -0.3 is 4.74 Å². The molecule has 5 heteroatoms. The van der Waals surface area contributed by atoms with Crippen LogP contribution in [0, 0.1) is 5.82 Å². The predicted octanol–water partition coefficient (Wildman–Crippen LogP) is 2.20. The van der Waals surface area contributed by atoms with Gasteiger partial charge in [-0.1, -0.05) is 6.07 Å². The average molecular weight is 246 g/mol. The Kier molecular flexibility index (Phi) is 3.52. The van der Waals surface area contributed by atoms with Crippen molar-refractivity contribution in [3.8, 4) is 5.69 Å². The molecule has 0 unspecified atom stereocenters. The van der Waals surface area contributed by atoms with Crippen LogP contribution in [0.25, 0.3) is 11.8 Å². The number of benzene rings is 1. The van der Waals surface area contributed by atoms with Gasteiger partial charge in [0, 0.05) is 17.8 Å². The van der Waals surface area contributed by atoms with Crippen LogP contribution in [0.5, 0.6) is 0 Å². The topological polar surface area (TPSA) is 44.1 Å². The number of rotatable bonds is 3. The summed E-state index contributed by atoms with van der Waals surface area (Å²) in [5.41, 5.74) is 1.34. The molecule has 1 heterocycles. The van der Waals surface area contributed by atoms with Crippen molar-refractivity contribution in [2.75, 3.05) is 7.11 Å². The van der Waals surface area contributed by atoms with E-state index >= 15 is 0 Å². The standard InChI is InChI=1S/C13H11FN2O2/c1-18-13(17)6-5-10-8-15-16(9-10)12-4-2-3-11(14)7-12/h2-9H,1H3. The summed E-state index contributed by atoms with van der Waals surface area (Å²) < 4.78 is 19.0. The Balaban J connectivity index is 2.20. The van der Waals surface area contributed by atoms with Crippen LogP contribution in [0.1, 0.15) is 5.56 Å². The molecule has 0 fully saturated rings. The molecule has 0 bridgehead atoms. The lowest BCUT2D eigenvalue weighted by Gasteiger charge is -1.99. The summed E-state index contributed by atoms with van der Waals surface area (Å²) in [7, 11) is 1.31. The van der Waals surface area contributed by atoms with Crippen molar-refractivity contribution in [2.24, 2.45) is 0 Å². The second-order valence-corrected chi connectivity index (χ2v) is 3.55. The van der Waals surface area contributed by atoms with Crippen LogP contribution in [0.4, 0.5) is 4.39 Å². The van der Waals surface area contributed by atoms with E-state index < -0.39 is 5.97 Å². The molecule has 1 aromatic heterocycles. The first-order valence-electron chi connectivity index (χ1n) is 5.25. The molecule has 0 radical (unpaired) electrons. The largest absolute Gasteiger partial charge is 0.466 e. The third-order valence-electron chi connectivity index (χ3n) is 2.29. The summed E-state index contributed by atoms with van der Waals surface area (Å²) in [6.45, 7) is 0. The third kappa shape index (κ3) is 2.82. The van der Waals surface area contributed by atoms with Crippen molar-refractivity contribution in [3.63, 3.8) is 0 Å². The third-order valence-corrected chi connectivity index (χ3v) is 2.29. The van der Waals surface area contributed by atoms with Gasteiger partial charge in [-0.05, 0) is 24.3 Å². The van der Waals surface area contributed by atoms with Crippen LogP contribution in [-0.4, -0.2) is 22.9 Å². The lowest BCUT2D eigenvalue weighted by molar-refractivity contribution is -0.134. The fraction of sp³-hybridized carbons (Fsp3) is 0.0769. The minimum atomic E-state index is -0.437. The number of hydrogen-bond acceptors (Lipinski definition) is 3. The Morgan fingerprint density at radius 2 is 2.33 bits per heavy atom. The number of carbonyl (C=O) groups is 1. The first-order chi connectivity index (χ1) is 8.69. The maximum atomic E-state index is 13.0. The van der Waals surface area contributed by atoms with E-state index in [-0.39, 0.29) is 5.82 Å². The molecular formula is C13H11FN2O2. The van der Waals surface area contributed by atoms with Crippen molar-refractivity contribution >= 4 is 12.0 Å². The molecule has 18 heavy (non-hydrogen) atoms. The van der Waals surface area contributed by atoms with Crippen LogP contribution >= 0.6 is 0 Å². The molecule has 0 saturated carbocycles. The van der Waals surface area contributed by atoms with E-state index in [2.05, 4.69) is 9.84 Å². The Labute approximate surface area is 103 Å². The van der Waals surface area contributed by atoms with Crippen LogP contribution in [0.2, 0.25) is 0 Å². The molecule has 0 N–H and O–H groups in total. The predicted molar refractivity (Wildman–Crippen MR) is 64.6 cm³/mol. The van der Waals surface area contributed by atoms with Crippen LogP contribution in [0.3, 0.4) is 0 Å². The molecule has 0 spiro atoms. The van der Waals surface area contributed by atoms with E-state index in [4.69, 9.17) is 0 Å². The lowest BCUT2D eigenvalue weighted by Crippen LogP contribution is -1.94. The van der Waals surface area contributed by atoms with E-state index in [0.29, 0.717) is 5.69 Å². The summed E-state index contributed by atoms with van der Waals surface area (Å²) in [5, 5.41) is 4.08. The smallest absolute Gasteiger partial charge is 0.330 e. The van der Waals surface area contributed by atoms with Gasteiger partial charge in [-0.25, -0.2) is 13.9 Å². The van der Waals surface area contributed by atoms with Crippen molar-refractivity contribution in [2.45, 2.75) is 0 Å². The minimum Gasteiger partial charge on any atom is -0.466 e. The fourth-order valence-corrected chi connectivity index (χ4v) is 1.41. The summed E-state index contributed by atoms with van der Waals surface area (Å²) in [6, 6.07) is 6.09. The zero-order valence-corrected chi connectivity index (χ0v) is 9.71. The van der Waals surface area contributed by atoms with Gasteiger partial charge >= 0.3 is 5.97 Å². The van der Waals surface area contributed by atoms with Crippen molar-refractivity contribution in [1.29, 1.82) is 0 Å². The first-order valence-corrected chi connectivity index (χ1v) is 5.25. The van der Waals surface area contributed by atoms with E-state index in [0.717, 1.165) is 5.56 Å². The molecule has 0 aliphatic rings. The molecule has 2 rings (SSSR count). The highest BCUT2D eigenvalue weighted by molar-refractivity contribution is 5.86. The number of hydrogen-bond donors (Lipinski definition) is 0. The number of nitrogens with zero attached hydrogens (tertiary/aromatic N) is 2. The van der Waals surface area contributed by atoms with Gasteiger partial charge in [-0.3, -0.25) is 0 Å². The zero-order chi connectivity index (χ0) is 13.0. The Hall–Kier alpha value is -2.43. The maximum absolute atomic E-state index is 13.0. The molecule has 0 atom stereocenters. The molecule has 0 aliphatic carbocycles. The van der Waals surface area contributed by atoms with Crippen molar-refractivity contribution in [1.82, 2.24) is 9.78 Å². The highest BCUT2D eigenvalue weighted by atomic mass is 19.1. The monoisotopic (exact) mass is 246 g/mol. The number of aromatic nitrogens is 2. The minimum absolute atomic E-state index is 0.324. The quantitative estimate of drug-likeness (QED) is 0.616. The van der Waals surface area contributed by atoms with E-state index in [1.165, 1.54) is 30.0 Å². The zero-order valence-electron chi connectivity index (χ0n) is 9.71. The first kappa shape index (κ1) is 12.0. The number of halogens is 1. The summed E-state index contributed by atoms with van der Waals surface area (Å²) in [4.78, 5) is 10.9. The molecule has 2 aromatic rings. The summed E-state index contributed by atoms with van der Waals surface area (Å²) in [6.07, 6.45) is 6.14. The summed E-state index contributed by atoms with van der Waals surface area (Å²) >= 11 is 0. The molecular weight excluding hydrogens is 235 g/mol. The molecule has 0 saturated heterocycles. The molecule has 92 valence electrons. The number of esters is 1. The van der Waals surface area contributed by atoms with E-state index in [9.17, 15) is 9.18 Å². The van der Waals surface area contributed by atoms with Gasteiger partial charge in [0.25, 0.3) is 0 Å². The lowest BCUT2D eigenvalue weighted by atomic mass is 10.3. The van der Waals surface area contributed by atoms with Gasteiger partial charge in [0.1, 0.15) is 5.82 Å². The second-order valence-electron chi connectivity index (χ2n) is 3.55. The van der Waals surface area contributed by atoms with Crippen LogP contribution < -0.4 is 0 Å². The molecule has 0 aliphatic heterocycles. The summed E-state index contributed by atoms with van der Waals surface area (Å²) in [5.74, 6) is -0.761. The van der Waals surface area contributed by atoms with Gasteiger partial charge in [0.2, 0.25) is 0 Å². The maximum Gasteiger partial charge on any atom is 0.330 e. The van der Waals surface area contributed by atoms with Gasteiger partial charge in [0.15, 0.2) is 0 Å². The molecule has 4 nitrogen and oxygen atoms in total. The van der Waals surface area contributed by atoms with E-state index in [1.807, 2.05) is 0 Å². The van der Waals surface area contributed by atoms with Gasteiger partial charge in [-0.2, -0.15) is 5.10 Å². The Morgan fingerprint density at radius 3 is 3.06 bits per heavy atom. The number of methoxy groups -OCH3 is 1. The normalized spacial score (nSPS) is 10.8. The molecule has 0 amide bonds. The Morgan fingerprint density at radius 1 is 1.50 bits per heavy atom. The average Bonchev–Trinajstić information content (AvgIpc) is 2.84.